The van der Waals surface area contributed by atoms with E-state index < -0.39 is 0 Å². The van der Waals surface area contributed by atoms with Crippen LogP contribution < -0.4 is 10.1 Å². The Balaban J connectivity index is 1.57. The number of hydrogen-bond acceptors (Lipinski definition) is 4. The number of amides is 1. The van der Waals surface area contributed by atoms with E-state index in [1.54, 1.807) is 17.0 Å². The number of carbonyl (C=O) groups is 1. The van der Waals surface area contributed by atoms with E-state index in [0.717, 1.165) is 24.4 Å². The number of halogens is 1. The van der Waals surface area contributed by atoms with Crippen molar-refractivity contribution in [3.8, 4) is 5.75 Å². The van der Waals surface area contributed by atoms with Crippen LogP contribution in [0, 0.1) is 11.7 Å². The molecular weight excluding hydrogens is 385 g/mol. The molecule has 0 spiro atoms. The number of hydrogen-bond donors (Lipinski definition) is 1. The normalized spacial score (nSPS) is 22.1. The topological polar surface area (TPSA) is 69.5 Å². The molecule has 2 aliphatic rings. The van der Waals surface area contributed by atoms with Gasteiger partial charge < -0.3 is 19.9 Å². The molecule has 0 radical (unpaired) electrons. The molecule has 1 aromatic carbocycles. The van der Waals surface area contributed by atoms with Gasteiger partial charge in [0.25, 0.3) is 0 Å². The average molecular weight is 416 g/mol. The molecule has 8 heteroatoms. The molecule has 1 amide bonds. The Morgan fingerprint density at radius 2 is 1.97 bits per heavy atom. The van der Waals surface area contributed by atoms with Crippen molar-refractivity contribution in [2.75, 3.05) is 26.2 Å². The van der Waals surface area contributed by atoms with Crippen LogP contribution in [0.2, 0.25) is 0 Å². The van der Waals surface area contributed by atoms with Crippen molar-refractivity contribution < 1.29 is 13.9 Å². The van der Waals surface area contributed by atoms with Gasteiger partial charge in [0, 0.05) is 13.1 Å². The lowest BCUT2D eigenvalue weighted by Gasteiger charge is -2.38. The molecule has 1 fully saturated rings. The predicted molar refractivity (Wildman–Crippen MR) is 116 cm³/mol. The number of carbonyl (C=O) groups excluding carboxylic acids is 1. The van der Waals surface area contributed by atoms with Crippen LogP contribution in [0.15, 0.2) is 45.8 Å². The van der Waals surface area contributed by atoms with Gasteiger partial charge in [0.05, 0.1) is 24.9 Å². The summed E-state index contributed by atoms with van der Waals surface area (Å²) in [5, 5.41) is 3.28. The highest BCUT2D eigenvalue weighted by Crippen LogP contribution is 2.31. The number of benzene rings is 1. The van der Waals surface area contributed by atoms with Crippen LogP contribution in [0.1, 0.15) is 33.6 Å². The second kappa shape index (κ2) is 9.73. The van der Waals surface area contributed by atoms with Gasteiger partial charge in [-0.05, 0) is 70.5 Å². The number of allylic oxidation sites excluding steroid dienone is 1. The first-order valence-electron chi connectivity index (χ1n) is 10.4. The number of aliphatic imine (C=N–C) groups is 2. The first kappa shape index (κ1) is 21.8. The number of rotatable bonds is 7. The Kier molecular flexibility index (Phi) is 7.07. The van der Waals surface area contributed by atoms with Crippen molar-refractivity contribution in [3.05, 3.63) is 41.6 Å². The zero-order valence-electron chi connectivity index (χ0n) is 17.9. The summed E-state index contributed by atoms with van der Waals surface area (Å²) in [6.07, 6.45) is 1.80. The lowest BCUT2D eigenvalue weighted by Crippen LogP contribution is -2.49. The third-order valence-corrected chi connectivity index (χ3v) is 5.58. The highest BCUT2D eigenvalue weighted by atomic mass is 19.1. The van der Waals surface area contributed by atoms with Crippen molar-refractivity contribution in [3.63, 3.8) is 0 Å². The summed E-state index contributed by atoms with van der Waals surface area (Å²) < 4.78 is 18.7. The standard InChI is InChI=1S/C22H30FN5O2/c1-5-27-13-20(29)28(6-2)15(3)21(27)26-22(24-4)25-18-11-16(12-18)14-30-19-9-7-17(23)8-10-19/h7-10,16,18H,4-6,11-14H2,1-3H3,(H,25,26). The zero-order chi connectivity index (χ0) is 21.7. The van der Waals surface area contributed by atoms with Gasteiger partial charge in [0.15, 0.2) is 0 Å². The predicted octanol–water partition coefficient (Wildman–Crippen LogP) is 3.00. The Hall–Kier alpha value is -2.90. The van der Waals surface area contributed by atoms with Crippen LogP contribution in [0.4, 0.5) is 4.39 Å². The molecule has 0 saturated heterocycles. The van der Waals surface area contributed by atoms with Crippen LogP contribution in [0.3, 0.4) is 0 Å². The lowest BCUT2D eigenvalue weighted by atomic mass is 9.81. The molecule has 0 unspecified atom stereocenters. The molecule has 1 heterocycles. The van der Waals surface area contributed by atoms with Crippen LogP contribution in [-0.2, 0) is 4.79 Å². The zero-order valence-corrected chi connectivity index (χ0v) is 17.9. The molecule has 1 saturated carbocycles. The van der Waals surface area contributed by atoms with Crippen molar-refractivity contribution in [1.29, 1.82) is 0 Å². The minimum absolute atomic E-state index is 0.0930. The van der Waals surface area contributed by atoms with Crippen LogP contribution in [0.25, 0.3) is 0 Å². The maximum absolute atomic E-state index is 13.0. The monoisotopic (exact) mass is 415 g/mol. The van der Waals surface area contributed by atoms with E-state index in [2.05, 4.69) is 17.0 Å². The number of ether oxygens (including phenoxy) is 1. The number of nitrogens with one attached hydrogen (secondary N) is 1. The molecule has 0 bridgehead atoms. The van der Waals surface area contributed by atoms with Gasteiger partial charge in [0.1, 0.15) is 17.4 Å². The summed E-state index contributed by atoms with van der Waals surface area (Å²) >= 11 is 0. The first-order valence-corrected chi connectivity index (χ1v) is 10.4. The molecule has 1 aliphatic heterocycles. The van der Waals surface area contributed by atoms with E-state index in [0.29, 0.717) is 43.9 Å². The second-order valence-electron chi connectivity index (χ2n) is 7.58. The third-order valence-electron chi connectivity index (χ3n) is 5.58. The molecule has 162 valence electrons. The minimum Gasteiger partial charge on any atom is -0.493 e. The van der Waals surface area contributed by atoms with E-state index in [1.807, 2.05) is 25.7 Å². The van der Waals surface area contributed by atoms with E-state index in [1.165, 1.54) is 12.1 Å². The number of nitrogens with zero attached hydrogens (tertiary/aromatic N) is 4. The smallest absolute Gasteiger partial charge is 0.246 e. The molecule has 0 atom stereocenters. The fourth-order valence-corrected chi connectivity index (χ4v) is 3.80. The van der Waals surface area contributed by atoms with Gasteiger partial charge in [-0.2, -0.15) is 0 Å². The van der Waals surface area contributed by atoms with Gasteiger partial charge in [-0.1, -0.05) is 0 Å². The summed E-state index contributed by atoms with van der Waals surface area (Å²) in [7, 11) is 0. The molecule has 1 aliphatic carbocycles. The second-order valence-corrected chi connectivity index (χ2v) is 7.58. The Labute approximate surface area is 177 Å². The van der Waals surface area contributed by atoms with Crippen molar-refractivity contribution >= 4 is 18.6 Å². The van der Waals surface area contributed by atoms with Crippen LogP contribution >= 0.6 is 0 Å². The first-order chi connectivity index (χ1) is 14.4. The highest BCUT2D eigenvalue weighted by molar-refractivity contribution is 5.87. The van der Waals surface area contributed by atoms with Crippen LogP contribution in [-0.4, -0.2) is 60.7 Å². The number of likely N-dealkylation sites (N-methyl/N-ethyl adjacent to an activating group) is 2. The molecule has 7 nitrogen and oxygen atoms in total. The Morgan fingerprint density at radius 3 is 2.57 bits per heavy atom. The van der Waals surface area contributed by atoms with E-state index in [-0.39, 0.29) is 17.8 Å². The summed E-state index contributed by atoms with van der Waals surface area (Å²) in [5.41, 5.74) is 0.867. The molecule has 0 aromatic heterocycles. The quantitative estimate of drug-likeness (QED) is 0.549. The lowest BCUT2D eigenvalue weighted by molar-refractivity contribution is -0.131. The minimum atomic E-state index is -0.270. The van der Waals surface area contributed by atoms with Crippen LogP contribution in [0.5, 0.6) is 5.75 Å². The van der Waals surface area contributed by atoms with Gasteiger partial charge in [-0.25, -0.2) is 14.4 Å². The maximum Gasteiger partial charge on any atom is 0.246 e. The summed E-state index contributed by atoms with van der Waals surface area (Å²) in [6, 6.07) is 6.22. The molecule has 3 rings (SSSR count). The molecular formula is C22H30FN5O2. The van der Waals surface area contributed by atoms with Gasteiger partial charge in [0.2, 0.25) is 11.9 Å². The number of guanidine groups is 1. The summed E-state index contributed by atoms with van der Waals surface area (Å²) in [4.78, 5) is 24.8. The average Bonchev–Trinajstić information content (AvgIpc) is 2.71. The van der Waals surface area contributed by atoms with Gasteiger partial charge in [-0.3, -0.25) is 4.79 Å². The third kappa shape index (κ3) is 4.98. The van der Waals surface area contributed by atoms with E-state index in [9.17, 15) is 9.18 Å². The van der Waals surface area contributed by atoms with Gasteiger partial charge >= 0.3 is 0 Å². The molecule has 30 heavy (non-hydrogen) atoms. The van der Waals surface area contributed by atoms with Crippen molar-refractivity contribution in [2.24, 2.45) is 15.9 Å². The summed E-state index contributed by atoms with van der Waals surface area (Å²) in [5.74, 6) is 2.22. The molecule has 1 N–H and O–H groups in total. The van der Waals surface area contributed by atoms with E-state index in [4.69, 9.17) is 9.73 Å². The Morgan fingerprint density at radius 1 is 1.27 bits per heavy atom. The SMILES string of the molecule is C=NC(=NC1CC(COc2ccc(F)cc2)C1)NC1=C(C)N(CC)C(=O)CN1CC. The van der Waals surface area contributed by atoms with Gasteiger partial charge in [-0.15, -0.1) is 0 Å². The van der Waals surface area contributed by atoms with Crippen molar-refractivity contribution in [1.82, 2.24) is 15.1 Å². The fraction of sp³-hybridized carbons (Fsp3) is 0.500. The largest absolute Gasteiger partial charge is 0.493 e. The fourth-order valence-electron chi connectivity index (χ4n) is 3.80. The van der Waals surface area contributed by atoms with E-state index >= 15 is 0 Å². The maximum atomic E-state index is 13.0. The Bertz CT molecular complexity index is 830. The highest BCUT2D eigenvalue weighted by Gasteiger charge is 2.31. The summed E-state index contributed by atoms with van der Waals surface area (Å²) in [6.45, 7) is 11.8. The molecule has 1 aromatic rings. The van der Waals surface area contributed by atoms with Crippen molar-refractivity contribution in [2.45, 2.75) is 39.7 Å².